The van der Waals surface area contributed by atoms with Crippen LogP contribution in [0.2, 0.25) is 0 Å². The molecule has 0 saturated heterocycles. The number of hydrogen-bond donors (Lipinski definition) is 1. The fourth-order valence-electron chi connectivity index (χ4n) is 0.320. The maximum atomic E-state index is 3.89. The topological polar surface area (TPSA) is 24.4 Å². The molecule has 0 fully saturated rings. The Hall–Kier alpha value is -0.790. The second-order valence-electron chi connectivity index (χ2n) is 1.78. The quantitative estimate of drug-likeness (QED) is 0.448. The van der Waals surface area contributed by atoms with Crippen LogP contribution in [0.3, 0.4) is 0 Å². The van der Waals surface area contributed by atoms with Crippen molar-refractivity contribution in [3.63, 3.8) is 0 Å². The molecule has 0 aliphatic rings. The maximum absolute atomic E-state index is 3.89. The summed E-state index contributed by atoms with van der Waals surface area (Å²) < 4.78 is 0. The third kappa shape index (κ3) is 5.07. The first-order chi connectivity index (χ1) is 4.31. The normalized spacial score (nSPS) is 10.0. The van der Waals surface area contributed by atoms with E-state index in [1.165, 1.54) is 0 Å². The second kappa shape index (κ2) is 5.35. The first-order valence-corrected chi connectivity index (χ1v) is 3.25. The zero-order valence-electron chi connectivity index (χ0n) is 6.15. The van der Waals surface area contributed by atoms with E-state index in [1.54, 1.807) is 6.21 Å². The third-order valence-corrected chi connectivity index (χ3v) is 0.951. The molecule has 0 saturated carbocycles. The molecule has 0 aliphatic carbocycles. The molecule has 0 heterocycles. The lowest BCUT2D eigenvalue weighted by Gasteiger charge is -1.92. The highest BCUT2D eigenvalue weighted by Gasteiger charge is 1.79. The van der Waals surface area contributed by atoms with Gasteiger partial charge in [0.25, 0.3) is 0 Å². The van der Waals surface area contributed by atoms with Crippen molar-refractivity contribution in [2.45, 2.75) is 20.3 Å². The summed E-state index contributed by atoms with van der Waals surface area (Å²) in [5, 5.41) is 3.89. The van der Waals surface area contributed by atoms with Crippen molar-refractivity contribution in [2.75, 3.05) is 6.54 Å². The van der Waals surface area contributed by atoms with E-state index < -0.39 is 0 Å². The van der Waals surface area contributed by atoms with Crippen molar-refractivity contribution in [2.24, 2.45) is 5.10 Å². The monoisotopic (exact) mass is 126 g/mol. The Kier molecular flexibility index (Phi) is 4.88. The van der Waals surface area contributed by atoms with Crippen molar-refractivity contribution in [1.82, 2.24) is 5.43 Å². The van der Waals surface area contributed by atoms with E-state index >= 15 is 0 Å². The van der Waals surface area contributed by atoms with Gasteiger partial charge in [-0.1, -0.05) is 13.5 Å². The summed E-state index contributed by atoms with van der Waals surface area (Å²) in [5.41, 5.74) is 3.87. The van der Waals surface area contributed by atoms with Crippen LogP contribution in [0.15, 0.2) is 17.3 Å². The minimum absolute atomic E-state index is 0.869. The third-order valence-electron chi connectivity index (χ3n) is 0.951. The zero-order chi connectivity index (χ0) is 7.11. The average Bonchev–Trinajstić information content (AvgIpc) is 1.89. The fourth-order valence-corrected chi connectivity index (χ4v) is 0.320. The number of allylic oxidation sites excluding steroid dienone is 1. The van der Waals surface area contributed by atoms with Crippen LogP contribution in [0, 0.1) is 0 Å². The predicted molar refractivity (Wildman–Crippen MR) is 41.6 cm³/mol. The van der Waals surface area contributed by atoms with Gasteiger partial charge in [0.1, 0.15) is 0 Å². The van der Waals surface area contributed by atoms with Crippen LogP contribution in [0.25, 0.3) is 0 Å². The Bertz CT molecular complexity index is 105. The predicted octanol–water partition coefficient (Wildman–Crippen LogP) is 1.55. The number of hydrazone groups is 1. The van der Waals surface area contributed by atoms with E-state index in [0.29, 0.717) is 0 Å². The summed E-state index contributed by atoms with van der Waals surface area (Å²) in [6, 6.07) is 0. The molecule has 2 heteroatoms. The van der Waals surface area contributed by atoms with Gasteiger partial charge in [0.2, 0.25) is 0 Å². The molecule has 0 unspecified atom stereocenters. The molecule has 1 N–H and O–H groups in total. The van der Waals surface area contributed by atoms with Crippen molar-refractivity contribution < 1.29 is 0 Å². The van der Waals surface area contributed by atoms with Crippen LogP contribution in [-0.4, -0.2) is 12.8 Å². The molecule has 0 rings (SSSR count). The highest BCUT2D eigenvalue weighted by molar-refractivity contribution is 5.77. The highest BCUT2D eigenvalue weighted by atomic mass is 15.3. The van der Waals surface area contributed by atoms with E-state index in [2.05, 4.69) is 24.0 Å². The van der Waals surface area contributed by atoms with Gasteiger partial charge in [0.05, 0.1) is 0 Å². The van der Waals surface area contributed by atoms with Gasteiger partial charge in [0.15, 0.2) is 0 Å². The first kappa shape index (κ1) is 8.21. The van der Waals surface area contributed by atoms with Crippen LogP contribution < -0.4 is 5.43 Å². The van der Waals surface area contributed by atoms with Crippen molar-refractivity contribution in [1.29, 1.82) is 0 Å². The van der Waals surface area contributed by atoms with Crippen LogP contribution in [0.5, 0.6) is 0 Å². The minimum Gasteiger partial charge on any atom is -0.310 e. The van der Waals surface area contributed by atoms with Gasteiger partial charge < -0.3 is 5.43 Å². The van der Waals surface area contributed by atoms with Gasteiger partial charge >= 0.3 is 0 Å². The lowest BCUT2D eigenvalue weighted by atomic mass is 10.3. The van der Waals surface area contributed by atoms with E-state index in [9.17, 15) is 0 Å². The molecule has 2 nitrogen and oxygen atoms in total. The molecule has 0 amide bonds. The molecule has 0 radical (unpaired) electrons. The molecular formula is C7H14N2. The molecule has 0 atom stereocenters. The van der Waals surface area contributed by atoms with Gasteiger partial charge in [-0.15, -0.1) is 0 Å². The molecule has 0 aromatic heterocycles. The van der Waals surface area contributed by atoms with Gasteiger partial charge in [-0.3, -0.25) is 0 Å². The van der Waals surface area contributed by atoms with Crippen LogP contribution in [0.1, 0.15) is 20.3 Å². The lowest BCUT2D eigenvalue weighted by molar-refractivity contribution is 0.787. The summed E-state index contributed by atoms with van der Waals surface area (Å²) in [7, 11) is 0. The maximum Gasteiger partial charge on any atom is 0.0494 e. The molecular weight excluding hydrogens is 112 g/mol. The van der Waals surface area contributed by atoms with E-state index in [4.69, 9.17) is 0 Å². The second-order valence-corrected chi connectivity index (χ2v) is 1.78. The minimum atomic E-state index is 0.869. The molecule has 9 heavy (non-hydrogen) atoms. The lowest BCUT2D eigenvalue weighted by Crippen LogP contribution is -2.03. The van der Waals surface area contributed by atoms with Gasteiger partial charge in [-0.2, -0.15) is 5.10 Å². The zero-order valence-corrected chi connectivity index (χ0v) is 6.15. The Morgan fingerprint density at radius 1 is 1.67 bits per heavy atom. The smallest absolute Gasteiger partial charge is 0.0494 e. The summed E-state index contributed by atoms with van der Waals surface area (Å²) in [6.07, 6.45) is 2.72. The number of rotatable bonds is 4. The summed E-state index contributed by atoms with van der Waals surface area (Å²) >= 11 is 0. The first-order valence-electron chi connectivity index (χ1n) is 3.25. The largest absolute Gasteiger partial charge is 0.310 e. The average molecular weight is 126 g/mol. The Balaban J connectivity index is 3.32. The highest BCUT2D eigenvalue weighted by Crippen LogP contribution is 1.88. The standard InChI is InChI=1S/C7H14N2/c1-4-7(3)6-9-8-5-2/h6,8H,3-5H2,1-2H3/b9-6-. The molecule has 0 spiro atoms. The number of hydrogen-bond acceptors (Lipinski definition) is 2. The summed E-state index contributed by atoms with van der Waals surface area (Å²) in [4.78, 5) is 0. The van der Waals surface area contributed by atoms with Gasteiger partial charge in [-0.05, 0) is 18.9 Å². The molecule has 0 aromatic carbocycles. The SMILES string of the molecule is C=C(/C=N\NCC)CC. The Morgan fingerprint density at radius 3 is 2.78 bits per heavy atom. The number of nitrogens with one attached hydrogen (secondary N) is 1. The van der Waals surface area contributed by atoms with Gasteiger partial charge in [0, 0.05) is 12.8 Å². The molecule has 0 aromatic rings. The summed E-state index contributed by atoms with van der Waals surface area (Å²) in [5.74, 6) is 0. The van der Waals surface area contributed by atoms with Gasteiger partial charge in [-0.25, -0.2) is 0 Å². The fraction of sp³-hybridized carbons (Fsp3) is 0.571. The molecule has 52 valence electrons. The molecule has 0 aliphatic heterocycles. The Morgan fingerprint density at radius 2 is 2.33 bits per heavy atom. The summed E-state index contributed by atoms with van der Waals surface area (Å²) in [6.45, 7) is 8.69. The van der Waals surface area contributed by atoms with Crippen molar-refractivity contribution in [3.8, 4) is 0 Å². The van der Waals surface area contributed by atoms with E-state index in [1.807, 2.05) is 6.92 Å². The van der Waals surface area contributed by atoms with Crippen molar-refractivity contribution >= 4 is 6.21 Å². The van der Waals surface area contributed by atoms with E-state index in [-0.39, 0.29) is 0 Å². The van der Waals surface area contributed by atoms with Crippen LogP contribution >= 0.6 is 0 Å². The molecule has 0 bridgehead atoms. The van der Waals surface area contributed by atoms with E-state index in [0.717, 1.165) is 18.5 Å². The van der Waals surface area contributed by atoms with Crippen LogP contribution in [0.4, 0.5) is 0 Å². The van der Waals surface area contributed by atoms with Crippen molar-refractivity contribution in [3.05, 3.63) is 12.2 Å². The van der Waals surface area contributed by atoms with Crippen LogP contribution in [-0.2, 0) is 0 Å². The Labute approximate surface area is 56.7 Å². The number of nitrogens with zero attached hydrogens (tertiary/aromatic N) is 1.